The van der Waals surface area contributed by atoms with Crippen molar-refractivity contribution in [2.45, 2.75) is 44.6 Å². The number of aliphatic hydroxyl groups is 2. The van der Waals surface area contributed by atoms with Crippen molar-refractivity contribution in [2.24, 2.45) is 5.41 Å². The first-order valence-electron chi connectivity index (χ1n) is 10.3. The van der Waals surface area contributed by atoms with Crippen LogP contribution in [0.3, 0.4) is 0 Å². The molecule has 1 aromatic carbocycles. The Kier molecular flexibility index (Phi) is 5.65. The Morgan fingerprint density at radius 3 is 2.76 bits per heavy atom. The quantitative estimate of drug-likeness (QED) is 0.830. The van der Waals surface area contributed by atoms with E-state index in [-0.39, 0.29) is 24.9 Å². The number of aryl methyl sites for hydroxylation is 2. The summed E-state index contributed by atoms with van der Waals surface area (Å²) in [4.78, 5) is 19.4. The molecule has 1 amide bonds. The highest BCUT2D eigenvalue weighted by Crippen LogP contribution is 2.35. The predicted octanol–water partition coefficient (Wildman–Crippen LogP) is 2.53. The van der Waals surface area contributed by atoms with Gasteiger partial charge >= 0.3 is 0 Å². The Morgan fingerprint density at radius 1 is 1.24 bits per heavy atom. The van der Waals surface area contributed by atoms with Gasteiger partial charge in [0, 0.05) is 30.4 Å². The van der Waals surface area contributed by atoms with Gasteiger partial charge in [-0.1, -0.05) is 12.1 Å². The largest absolute Gasteiger partial charge is 0.396 e. The lowest BCUT2D eigenvalue weighted by atomic mass is 9.73. The van der Waals surface area contributed by atoms with Crippen LogP contribution in [0.2, 0.25) is 0 Å². The molecule has 6 heteroatoms. The minimum absolute atomic E-state index is 0.116. The highest BCUT2D eigenvalue weighted by atomic mass is 19.1. The molecule has 0 spiro atoms. The van der Waals surface area contributed by atoms with E-state index in [9.17, 15) is 19.4 Å². The van der Waals surface area contributed by atoms with Crippen molar-refractivity contribution in [1.29, 1.82) is 0 Å². The summed E-state index contributed by atoms with van der Waals surface area (Å²) >= 11 is 0. The third-order valence-corrected chi connectivity index (χ3v) is 6.37. The third-order valence-electron chi connectivity index (χ3n) is 6.37. The van der Waals surface area contributed by atoms with Crippen LogP contribution in [0.4, 0.5) is 4.39 Å². The van der Waals surface area contributed by atoms with Crippen LogP contribution in [-0.4, -0.2) is 51.8 Å². The van der Waals surface area contributed by atoms with Crippen LogP contribution in [0.1, 0.15) is 46.4 Å². The number of likely N-dealkylation sites (tertiary alicyclic amines) is 1. The summed E-state index contributed by atoms with van der Waals surface area (Å²) in [6.07, 6.45) is 5.86. The van der Waals surface area contributed by atoms with Crippen molar-refractivity contribution in [3.63, 3.8) is 0 Å². The first-order valence-corrected chi connectivity index (χ1v) is 10.3. The van der Waals surface area contributed by atoms with Crippen LogP contribution in [0.25, 0.3) is 0 Å². The molecule has 1 fully saturated rings. The van der Waals surface area contributed by atoms with Gasteiger partial charge in [-0.05, 0) is 67.9 Å². The van der Waals surface area contributed by atoms with E-state index in [0.29, 0.717) is 24.9 Å². The van der Waals surface area contributed by atoms with E-state index in [4.69, 9.17) is 0 Å². The third kappa shape index (κ3) is 4.05. The molecular weight excluding hydrogens is 371 g/mol. The van der Waals surface area contributed by atoms with Gasteiger partial charge in [-0.2, -0.15) is 0 Å². The first-order chi connectivity index (χ1) is 14.0. The van der Waals surface area contributed by atoms with E-state index >= 15 is 0 Å². The number of pyridine rings is 1. The SMILES string of the molecule is O=C(c1cnc2c(c1)CCCC2)N1CC[C@H](O)[C@@](CO)(Cc2ccc(F)cc2)C1. The summed E-state index contributed by atoms with van der Waals surface area (Å²) in [7, 11) is 0. The number of carbonyl (C=O) groups is 1. The Bertz CT molecular complexity index is 886. The molecule has 2 atom stereocenters. The Morgan fingerprint density at radius 2 is 2.00 bits per heavy atom. The number of benzene rings is 1. The standard InChI is InChI=1S/C23H27FN2O3/c24-19-7-5-16(6-8-19)12-23(15-27)14-26(10-9-21(23)28)22(29)18-11-17-3-1-2-4-20(17)25-13-18/h5-8,11,13,21,27-28H,1-4,9-10,12,14-15H2/t21-,23-/m0/s1. The highest BCUT2D eigenvalue weighted by Gasteiger charge is 2.44. The molecule has 4 rings (SSSR count). The van der Waals surface area contributed by atoms with Crippen molar-refractivity contribution in [3.05, 3.63) is 64.7 Å². The lowest BCUT2D eigenvalue weighted by molar-refractivity contribution is -0.0668. The van der Waals surface area contributed by atoms with E-state index in [1.807, 2.05) is 6.07 Å². The maximum Gasteiger partial charge on any atom is 0.255 e. The van der Waals surface area contributed by atoms with E-state index < -0.39 is 11.5 Å². The second-order valence-electron chi connectivity index (χ2n) is 8.39. The number of hydrogen-bond donors (Lipinski definition) is 2. The molecule has 1 aromatic heterocycles. The molecule has 1 aliphatic heterocycles. The zero-order valence-electron chi connectivity index (χ0n) is 16.5. The number of rotatable bonds is 4. The highest BCUT2D eigenvalue weighted by molar-refractivity contribution is 5.94. The van der Waals surface area contributed by atoms with Crippen LogP contribution in [0.15, 0.2) is 36.5 Å². The Hall–Kier alpha value is -2.31. The summed E-state index contributed by atoms with van der Waals surface area (Å²) in [6, 6.07) is 8.02. The van der Waals surface area contributed by atoms with Gasteiger partial charge in [-0.25, -0.2) is 4.39 Å². The molecule has 1 saturated heterocycles. The smallest absolute Gasteiger partial charge is 0.255 e. The molecule has 0 unspecified atom stereocenters. The number of nitrogens with zero attached hydrogens (tertiary/aromatic N) is 2. The van der Waals surface area contributed by atoms with Crippen LogP contribution >= 0.6 is 0 Å². The van der Waals surface area contributed by atoms with E-state index in [0.717, 1.165) is 42.5 Å². The molecule has 5 nitrogen and oxygen atoms in total. The minimum Gasteiger partial charge on any atom is -0.396 e. The summed E-state index contributed by atoms with van der Waals surface area (Å²) in [5, 5.41) is 20.9. The van der Waals surface area contributed by atoms with Crippen molar-refractivity contribution < 1.29 is 19.4 Å². The lowest BCUT2D eigenvalue weighted by Gasteiger charge is -2.45. The number of hydrogen-bond acceptors (Lipinski definition) is 4. The molecule has 2 aromatic rings. The van der Waals surface area contributed by atoms with Gasteiger partial charge in [0.05, 0.1) is 18.3 Å². The number of piperidine rings is 1. The molecule has 2 heterocycles. The van der Waals surface area contributed by atoms with Crippen LogP contribution in [-0.2, 0) is 19.3 Å². The first kappa shape index (κ1) is 20.0. The number of fused-ring (bicyclic) bond motifs is 1. The molecular formula is C23H27FN2O3. The van der Waals surface area contributed by atoms with Crippen LogP contribution in [0.5, 0.6) is 0 Å². The maximum absolute atomic E-state index is 13.2. The number of aromatic nitrogens is 1. The lowest BCUT2D eigenvalue weighted by Crippen LogP contribution is -2.56. The Labute approximate surface area is 170 Å². The van der Waals surface area contributed by atoms with Gasteiger partial charge in [0.1, 0.15) is 5.82 Å². The zero-order chi connectivity index (χ0) is 20.4. The van der Waals surface area contributed by atoms with Gasteiger partial charge in [0.2, 0.25) is 0 Å². The second kappa shape index (κ2) is 8.20. The molecule has 154 valence electrons. The average Bonchev–Trinajstić information content (AvgIpc) is 2.76. The fourth-order valence-electron chi connectivity index (χ4n) is 4.60. The number of carbonyl (C=O) groups excluding carboxylic acids is 1. The fourth-order valence-corrected chi connectivity index (χ4v) is 4.60. The van der Waals surface area contributed by atoms with Gasteiger partial charge in [-0.3, -0.25) is 9.78 Å². The predicted molar refractivity (Wildman–Crippen MR) is 107 cm³/mol. The second-order valence-corrected chi connectivity index (χ2v) is 8.39. The Balaban J connectivity index is 1.55. The van der Waals surface area contributed by atoms with Crippen molar-refractivity contribution >= 4 is 5.91 Å². The summed E-state index contributed by atoms with van der Waals surface area (Å²) < 4.78 is 13.2. The topological polar surface area (TPSA) is 73.7 Å². The number of halogens is 1. The molecule has 2 N–H and O–H groups in total. The molecule has 1 aliphatic carbocycles. The van der Waals surface area contributed by atoms with Crippen LogP contribution in [0, 0.1) is 11.2 Å². The summed E-state index contributed by atoms with van der Waals surface area (Å²) in [5.41, 5.74) is 2.76. The zero-order valence-corrected chi connectivity index (χ0v) is 16.5. The minimum atomic E-state index is -0.868. The van der Waals surface area contributed by atoms with Crippen molar-refractivity contribution in [2.75, 3.05) is 19.7 Å². The summed E-state index contributed by atoms with van der Waals surface area (Å²) in [5.74, 6) is -0.442. The van der Waals surface area contributed by atoms with Gasteiger partial charge in [0.25, 0.3) is 5.91 Å². The molecule has 0 saturated carbocycles. The maximum atomic E-state index is 13.2. The van der Waals surface area contributed by atoms with Gasteiger partial charge in [-0.15, -0.1) is 0 Å². The van der Waals surface area contributed by atoms with Crippen molar-refractivity contribution in [3.8, 4) is 0 Å². The fraction of sp³-hybridized carbons (Fsp3) is 0.478. The van der Waals surface area contributed by atoms with Gasteiger partial charge in [0.15, 0.2) is 0 Å². The van der Waals surface area contributed by atoms with Crippen molar-refractivity contribution in [1.82, 2.24) is 9.88 Å². The van der Waals surface area contributed by atoms with E-state index in [2.05, 4.69) is 4.98 Å². The van der Waals surface area contributed by atoms with Gasteiger partial charge < -0.3 is 15.1 Å². The molecule has 29 heavy (non-hydrogen) atoms. The average molecular weight is 398 g/mol. The number of aliphatic hydroxyl groups excluding tert-OH is 2. The normalized spacial score (nSPS) is 24.2. The van der Waals surface area contributed by atoms with E-state index in [1.165, 1.54) is 12.1 Å². The van der Waals surface area contributed by atoms with Crippen LogP contribution < -0.4 is 0 Å². The monoisotopic (exact) mass is 398 g/mol. The van der Waals surface area contributed by atoms with E-state index in [1.54, 1.807) is 23.2 Å². The number of amides is 1. The summed E-state index contributed by atoms with van der Waals surface area (Å²) in [6.45, 7) is 0.429. The molecule has 0 radical (unpaired) electrons. The molecule has 2 aliphatic rings. The molecule has 0 bridgehead atoms.